The molecule has 0 fully saturated rings. The van der Waals surface area contributed by atoms with Crippen LogP contribution in [0.3, 0.4) is 0 Å². The van der Waals surface area contributed by atoms with Gasteiger partial charge in [-0.15, -0.1) is 10.2 Å². The van der Waals surface area contributed by atoms with Crippen LogP contribution < -0.4 is 0 Å². The van der Waals surface area contributed by atoms with E-state index in [2.05, 4.69) is 29.0 Å². The van der Waals surface area contributed by atoms with Crippen molar-refractivity contribution in [1.82, 2.24) is 19.7 Å². The summed E-state index contributed by atoms with van der Waals surface area (Å²) in [5, 5.41) is 17.5. The van der Waals surface area contributed by atoms with Gasteiger partial charge in [0.05, 0.1) is 11.4 Å². The summed E-state index contributed by atoms with van der Waals surface area (Å²) in [6.07, 6.45) is 1.36. The molecule has 0 saturated carbocycles. The number of carboxylic acid groups (broad SMARTS) is 1. The molecule has 2 rings (SSSR count). The summed E-state index contributed by atoms with van der Waals surface area (Å²) < 4.78 is 7.23. The highest BCUT2D eigenvalue weighted by Crippen LogP contribution is 2.26. The summed E-state index contributed by atoms with van der Waals surface area (Å²) in [5.41, 5.74) is 0.734. The van der Waals surface area contributed by atoms with Gasteiger partial charge in [0.25, 0.3) is 0 Å². The molecule has 0 aliphatic rings. The van der Waals surface area contributed by atoms with Crippen LogP contribution in [0.15, 0.2) is 16.0 Å². The zero-order valence-corrected chi connectivity index (χ0v) is 12.3. The molecule has 7 nitrogen and oxygen atoms in total. The summed E-state index contributed by atoms with van der Waals surface area (Å²) in [5.74, 6) is 0.594. The van der Waals surface area contributed by atoms with Crippen molar-refractivity contribution in [2.75, 3.05) is 5.75 Å². The normalized spacial score (nSPS) is 11.2. The summed E-state index contributed by atoms with van der Waals surface area (Å²) in [6.45, 7) is 6.66. The second-order valence-corrected chi connectivity index (χ2v) is 5.70. The van der Waals surface area contributed by atoms with Gasteiger partial charge < -0.3 is 9.52 Å². The highest BCUT2D eigenvalue weighted by Gasteiger charge is 2.20. The van der Waals surface area contributed by atoms with Crippen LogP contribution in [0.5, 0.6) is 0 Å². The number of thioether (sulfide) groups is 1. The Labute approximate surface area is 120 Å². The molecule has 2 heterocycles. The monoisotopic (exact) mass is 296 g/mol. The highest BCUT2D eigenvalue weighted by molar-refractivity contribution is 7.99. The van der Waals surface area contributed by atoms with Gasteiger partial charge in [0.1, 0.15) is 0 Å². The average Bonchev–Trinajstić information content (AvgIpc) is 2.92. The smallest absolute Gasteiger partial charge is 0.313 e. The Morgan fingerprint density at radius 2 is 2.25 bits per heavy atom. The van der Waals surface area contributed by atoms with E-state index in [-0.39, 0.29) is 5.75 Å². The van der Waals surface area contributed by atoms with Crippen LogP contribution in [0.25, 0.3) is 11.6 Å². The predicted octanol–water partition coefficient (Wildman–Crippen LogP) is 2.07. The summed E-state index contributed by atoms with van der Waals surface area (Å²) >= 11 is 1.15. The third-order valence-electron chi connectivity index (χ3n) is 2.54. The molecule has 8 heteroatoms. The first kappa shape index (κ1) is 14.6. The summed E-state index contributed by atoms with van der Waals surface area (Å²) in [7, 11) is 0. The van der Waals surface area contributed by atoms with E-state index in [0.717, 1.165) is 17.5 Å². The van der Waals surface area contributed by atoms with Crippen molar-refractivity contribution in [2.24, 2.45) is 5.92 Å². The van der Waals surface area contributed by atoms with Crippen molar-refractivity contribution < 1.29 is 14.3 Å². The highest BCUT2D eigenvalue weighted by atomic mass is 32.2. The molecule has 108 valence electrons. The maximum Gasteiger partial charge on any atom is 0.313 e. The minimum atomic E-state index is -0.883. The molecule has 2 aromatic rings. The van der Waals surface area contributed by atoms with Gasteiger partial charge in [-0.3, -0.25) is 9.36 Å². The average molecular weight is 296 g/mol. The molecule has 0 radical (unpaired) electrons. The van der Waals surface area contributed by atoms with Gasteiger partial charge in [-0.1, -0.05) is 25.6 Å². The van der Waals surface area contributed by atoms with E-state index in [1.807, 2.05) is 11.5 Å². The molecule has 0 aliphatic heterocycles. The lowest BCUT2D eigenvalue weighted by molar-refractivity contribution is -0.133. The number of aromatic nitrogens is 4. The molecule has 0 spiro atoms. The molecule has 2 aromatic heterocycles. The first-order chi connectivity index (χ1) is 9.49. The van der Waals surface area contributed by atoms with Crippen molar-refractivity contribution in [3.05, 3.63) is 12.1 Å². The quantitative estimate of drug-likeness (QED) is 0.815. The van der Waals surface area contributed by atoms with Crippen molar-refractivity contribution >= 4 is 17.7 Å². The Bertz CT molecular complexity index is 606. The number of hydrogen-bond donors (Lipinski definition) is 1. The molecular weight excluding hydrogens is 280 g/mol. The van der Waals surface area contributed by atoms with E-state index in [9.17, 15) is 4.79 Å². The topological polar surface area (TPSA) is 94.0 Å². The lowest BCUT2D eigenvalue weighted by Crippen LogP contribution is -2.09. The van der Waals surface area contributed by atoms with Crippen LogP contribution in [0.2, 0.25) is 0 Å². The molecule has 0 atom stereocenters. The van der Waals surface area contributed by atoms with E-state index in [1.165, 1.54) is 6.39 Å². The van der Waals surface area contributed by atoms with E-state index >= 15 is 0 Å². The lowest BCUT2D eigenvalue weighted by atomic mass is 10.2. The Morgan fingerprint density at radius 3 is 2.80 bits per heavy atom. The number of aryl methyl sites for hydroxylation is 1. The number of oxazole rings is 1. The number of nitrogens with zero attached hydrogens (tertiary/aromatic N) is 4. The third-order valence-corrected chi connectivity index (χ3v) is 3.49. The SMILES string of the molecule is Cc1ncoc1-c1nnc(SCC(=O)O)n1CC(C)C. The molecule has 0 unspecified atom stereocenters. The van der Waals surface area contributed by atoms with E-state index in [0.29, 0.717) is 29.2 Å². The zero-order chi connectivity index (χ0) is 14.7. The Kier molecular flexibility index (Phi) is 4.43. The summed E-state index contributed by atoms with van der Waals surface area (Å²) in [4.78, 5) is 14.7. The fourth-order valence-corrected chi connectivity index (χ4v) is 2.40. The number of rotatable bonds is 6. The minimum absolute atomic E-state index is 0.0500. The van der Waals surface area contributed by atoms with Crippen LogP contribution in [-0.4, -0.2) is 36.6 Å². The zero-order valence-electron chi connectivity index (χ0n) is 11.5. The van der Waals surface area contributed by atoms with Crippen molar-refractivity contribution in [3.63, 3.8) is 0 Å². The van der Waals surface area contributed by atoms with E-state index < -0.39 is 5.97 Å². The second kappa shape index (κ2) is 6.08. The van der Waals surface area contributed by atoms with Gasteiger partial charge in [-0.25, -0.2) is 4.98 Å². The van der Waals surface area contributed by atoms with E-state index in [1.54, 1.807) is 0 Å². The second-order valence-electron chi connectivity index (χ2n) is 4.76. The number of hydrogen-bond acceptors (Lipinski definition) is 6. The molecule has 0 bridgehead atoms. The van der Waals surface area contributed by atoms with E-state index in [4.69, 9.17) is 9.52 Å². The van der Waals surface area contributed by atoms with Crippen LogP contribution in [0.4, 0.5) is 0 Å². The van der Waals surface area contributed by atoms with Gasteiger partial charge >= 0.3 is 5.97 Å². The predicted molar refractivity (Wildman–Crippen MR) is 73.5 cm³/mol. The fraction of sp³-hybridized carbons (Fsp3) is 0.500. The fourth-order valence-electron chi connectivity index (χ4n) is 1.74. The van der Waals surface area contributed by atoms with Crippen LogP contribution >= 0.6 is 11.8 Å². The third kappa shape index (κ3) is 3.19. The molecule has 1 N–H and O–H groups in total. The maximum atomic E-state index is 10.7. The van der Waals surface area contributed by atoms with Crippen molar-refractivity contribution in [2.45, 2.75) is 32.5 Å². The molecule has 0 saturated heterocycles. The van der Waals surface area contributed by atoms with Crippen molar-refractivity contribution in [1.29, 1.82) is 0 Å². The number of aliphatic carboxylic acids is 1. The number of carboxylic acids is 1. The minimum Gasteiger partial charge on any atom is -0.481 e. The summed E-state index contributed by atoms with van der Waals surface area (Å²) in [6, 6.07) is 0. The van der Waals surface area contributed by atoms with Gasteiger partial charge in [0, 0.05) is 6.54 Å². The van der Waals surface area contributed by atoms with Gasteiger partial charge in [0.2, 0.25) is 5.82 Å². The molecule has 20 heavy (non-hydrogen) atoms. The number of carbonyl (C=O) groups is 1. The lowest BCUT2D eigenvalue weighted by Gasteiger charge is -2.11. The maximum absolute atomic E-state index is 10.7. The van der Waals surface area contributed by atoms with Crippen LogP contribution in [0.1, 0.15) is 19.5 Å². The first-order valence-electron chi connectivity index (χ1n) is 6.17. The standard InChI is InChI=1S/C12H16N4O3S/c1-7(2)4-16-11(10-8(3)13-6-19-10)14-15-12(16)20-5-9(17)18/h6-7H,4-5H2,1-3H3,(H,17,18). The first-order valence-corrected chi connectivity index (χ1v) is 7.15. The largest absolute Gasteiger partial charge is 0.481 e. The molecule has 0 amide bonds. The van der Waals surface area contributed by atoms with Crippen molar-refractivity contribution in [3.8, 4) is 11.6 Å². The van der Waals surface area contributed by atoms with Crippen LogP contribution in [0, 0.1) is 12.8 Å². The Morgan fingerprint density at radius 1 is 1.50 bits per heavy atom. The van der Waals surface area contributed by atoms with Gasteiger partial charge in [-0.05, 0) is 12.8 Å². The Balaban J connectivity index is 2.37. The molecule has 0 aromatic carbocycles. The molecule has 0 aliphatic carbocycles. The van der Waals surface area contributed by atoms with Gasteiger partial charge in [0.15, 0.2) is 17.3 Å². The Hall–Kier alpha value is -1.83. The molecular formula is C12H16N4O3S. The van der Waals surface area contributed by atoms with Crippen LogP contribution in [-0.2, 0) is 11.3 Å². The van der Waals surface area contributed by atoms with Gasteiger partial charge in [-0.2, -0.15) is 0 Å².